The van der Waals surface area contributed by atoms with Gasteiger partial charge in [0.2, 0.25) is 0 Å². The van der Waals surface area contributed by atoms with Gasteiger partial charge in [0.1, 0.15) is 5.70 Å². The molecule has 0 atom stereocenters. The zero-order chi connectivity index (χ0) is 21.3. The van der Waals surface area contributed by atoms with Crippen LogP contribution in [0.4, 0.5) is 11.4 Å². The van der Waals surface area contributed by atoms with Crippen molar-refractivity contribution in [1.29, 1.82) is 0 Å². The fraction of sp³-hybridized carbons (Fsp3) is 0.154. The fourth-order valence-corrected chi connectivity index (χ4v) is 3.91. The van der Waals surface area contributed by atoms with Crippen LogP contribution in [0, 0.1) is 13.8 Å². The number of hydrogen-bond acceptors (Lipinski definition) is 3. The van der Waals surface area contributed by atoms with Gasteiger partial charge in [-0.3, -0.25) is 9.59 Å². The lowest BCUT2D eigenvalue weighted by Crippen LogP contribution is -2.35. The molecule has 2 amide bonds. The molecule has 3 aromatic carbocycles. The molecule has 4 nitrogen and oxygen atoms in total. The Morgan fingerprint density at radius 1 is 0.767 bits per heavy atom. The summed E-state index contributed by atoms with van der Waals surface area (Å²) in [5.74, 6) is -0.581. The van der Waals surface area contributed by atoms with Crippen LogP contribution < -0.4 is 9.80 Å². The van der Waals surface area contributed by atoms with Gasteiger partial charge in [0.15, 0.2) is 0 Å². The molecule has 1 aliphatic heterocycles. The maximum Gasteiger partial charge on any atom is 0.282 e. The molecule has 4 heteroatoms. The number of imide groups is 1. The van der Waals surface area contributed by atoms with Crippen LogP contribution in [0.3, 0.4) is 0 Å². The van der Waals surface area contributed by atoms with E-state index in [1.807, 2.05) is 105 Å². The van der Waals surface area contributed by atoms with Crippen molar-refractivity contribution in [3.63, 3.8) is 0 Å². The number of hydrogen-bond donors (Lipinski definition) is 0. The Bertz CT molecular complexity index is 1130. The number of para-hydroxylation sites is 1. The summed E-state index contributed by atoms with van der Waals surface area (Å²) < 4.78 is 0. The topological polar surface area (TPSA) is 40.6 Å². The van der Waals surface area contributed by atoms with E-state index in [1.165, 1.54) is 4.90 Å². The SMILES string of the molecule is CCN(C1=C(c2ccccc2)C(=O)N(c2cccc(C)c2C)C1=O)c1ccccc1. The van der Waals surface area contributed by atoms with Gasteiger partial charge >= 0.3 is 0 Å². The van der Waals surface area contributed by atoms with Crippen molar-refractivity contribution >= 4 is 28.8 Å². The molecule has 1 heterocycles. The number of likely N-dealkylation sites (N-methyl/N-ethyl adjacent to an activating group) is 1. The van der Waals surface area contributed by atoms with Crippen molar-refractivity contribution < 1.29 is 9.59 Å². The van der Waals surface area contributed by atoms with Crippen molar-refractivity contribution in [3.8, 4) is 0 Å². The van der Waals surface area contributed by atoms with Gasteiger partial charge in [-0.05, 0) is 55.7 Å². The first-order valence-corrected chi connectivity index (χ1v) is 10.1. The highest BCUT2D eigenvalue weighted by molar-refractivity contribution is 6.46. The van der Waals surface area contributed by atoms with Crippen LogP contribution in [-0.2, 0) is 9.59 Å². The Balaban J connectivity index is 1.93. The molecule has 0 unspecified atom stereocenters. The second-order valence-electron chi connectivity index (χ2n) is 7.33. The largest absolute Gasteiger partial charge is 0.337 e. The van der Waals surface area contributed by atoms with Gasteiger partial charge in [-0.2, -0.15) is 0 Å². The van der Waals surface area contributed by atoms with E-state index in [2.05, 4.69) is 0 Å². The van der Waals surface area contributed by atoms with Gasteiger partial charge in [0, 0.05) is 12.2 Å². The second-order valence-corrected chi connectivity index (χ2v) is 7.33. The second kappa shape index (κ2) is 7.99. The Labute approximate surface area is 177 Å². The lowest BCUT2D eigenvalue weighted by atomic mass is 10.0. The molecular weight excluding hydrogens is 372 g/mol. The summed E-state index contributed by atoms with van der Waals surface area (Å²) in [6.07, 6.45) is 0. The third-order valence-corrected chi connectivity index (χ3v) is 5.59. The number of carbonyl (C=O) groups excluding carboxylic acids is 2. The lowest BCUT2D eigenvalue weighted by Gasteiger charge is -2.25. The molecule has 0 spiro atoms. The molecule has 1 aliphatic rings. The monoisotopic (exact) mass is 396 g/mol. The molecule has 0 aromatic heterocycles. The van der Waals surface area contributed by atoms with E-state index >= 15 is 0 Å². The van der Waals surface area contributed by atoms with Gasteiger partial charge < -0.3 is 4.90 Å². The minimum Gasteiger partial charge on any atom is -0.337 e. The molecule has 0 radical (unpaired) electrons. The van der Waals surface area contributed by atoms with Crippen LogP contribution >= 0.6 is 0 Å². The highest BCUT2D eigenvalue weighted by atomic mass is 16.2. The fourth-order valence-electron chi connectivity index (χ4n) is 3.91. The van der Waals surface area contributed by atoms with E-state index in [9.17, 15) is 9.59 Å². The zero-order valence-electron chi connectivity index (χ0n) is 17.4. The van der Waals surface area contributed by atoms with Crippen molar-refractivity contribution in [2.75, 3.05) is 16.3 Å². The van der Waals surface area contributed by atoms with E-state index < -0.39 is 0 Å². The molecule has 0 saturated carbocycles. The first-order chi connectivity index (χ1) is 14.5. The quantitative estimate of drug-likeness (QED) is 0.563. The summed E-state index contributed by atoms with van der Waals surface area (Å²) in [5, 5.41) is 0. The minimum atomic E-state index is -0.293. The van der Waals surface area contributed by atoms with Gasteiger partial charge in [0.05, 0.1) is 11.3 Å². The van der Waals surface area contributed by atoms with Crippen molar-refractivity contribution in [2.24, 2.45) is 0 Å². The molecule has 3 aromatic rings. The van der Waals surface area contributed by atoms with Crippen LogP contribution in [0.2, 0.25) is 0 Å². The molecule has 30 heavy (non-hydrogen) atoms. The maximum absolute atomic E-state index is 13.7. The summed E-state index contributed by atoms with van der Waals surface area (Å²) in [6, 6.07) is 24.9. The summed E-state index contributed by atoms with van der Waals surface area (Å²) >= 11 is 0. The average molecular weight is 396 g/mol. The number of anilines is 2. The van der Waals surface area contributed by atoms with E-state index in [-0.39, 0.29) is 11.8 Å². The first-order valence-electron chi connectivity index (χ1n) is 10.1. The standard InChI is InChI=1S/C26H24N2O2/c1-4-27(21-15-9-6-10-16-21)24-23(20-13-7-5-8-14-20)25(29)28(26(24)30)22-17-11-12-18(2)19(22)3/h5-17H,4H2,1-3H3. The van der Waals surface area contributed by atoms with Crippen LogP contribution in [-0.4, -0.2) is 18.4 Å². The third-order valence-electron chi connectivity index (χ3n) is 5.59. The van der Waals surface area contributed by atoms with Gasteiger partial charge in [-0.15, -0.1) is 0 Å². The van der Waals surface area contributed by atoms with Crippen LogP contribution in [0.1, 0.15) is 23.6 Å². The van der Waals surface area contributed by atoms with Crippen LogP contribution in [0.15, 0.2) is 84.6 Å². The maximum atomic E-state index is 13.7. The highest BCUT2D eigenvalue weighted by Gasteiger charge is 2.43. The Kier molecular flexibility index (Phi) is 5.23. The molecule has 0 N–H and O–H groups in total. The summed E-state index contributed by atoms with van der Waals surface area (Å²) in [7, 11) is 0. The summed E-state index contributed by atoms with van der Waals surface area (Å²) in [4.78, 5) is 30.7. The summed E-state index contributed by atoms with van der Waals surface area (Å²) in [6.45, 7) is 6.48. The molecule has 0 bridgehead atoms. The van der Waals surface area contributed by atoms with E-state index in [0.29, 0.717) is 23.5 Å². The number of carbonyl (C=O) groups is 2. The molecule has 0 aliphatic carbocycles. The normalized spacial score (nSPS) is 13.9. The first kappa shape index (κ1) is 19.6. The van der Waals surface area contributed by atoms with Gasteiger partial charge in [-0.1, -0.05) is 60.7 Å². The number of nitrogens with zero attached hydrogens (tertiary/aromatic N) is 2. The molecule has 150 valence electrons. The number of amides is 2. The van der Waals surface area contributed by atoms with E-state index in [0.717, 1.165) is 22.4 Å². The van der Waals surface area contributed by atoms with Crippen molar-refractivity contribution in [3.05, 3.63) is 101 Å². The van der Waals surface area contributed by atoms with E-state index in [4.69, 9.17) is 0 Å². The highest BCUT2D eigenvalue weighted by Crippen LogP contribution is 2.38. The number of aryl methyl sites for hydroxylation is 1. The smallest absolute Gasteiger partial charge is 0.282 e. The van der Waals surface area contributed by atoms with Crippen LogP contribution in [0.5, 0.6) is 0 Å². The third kappa shape index (κ3) is 3.20. The number of benzene rings is 3. The number of rotatable bonds is 5. The zero-order valence-corrected chi connectivity index (χ0v) is 17.4. The lowest BCUT2D eigenvalue weighted by molar-refractivity contribution is -0.120. The summed E-state index contributed by atoms with van der Waals surface area (Å²) in [5.41, 5.74) is 5.08. The Morgan fingerprint density at radius 3 is 2.03 bits per heavy atom. The van der Waals surface area contributed by atoms with Crippen molar-refractivity contribution in [2.45, 2.75) is 20.8 Å². The van der Waals surface area contributed by atoms with E-state index in [1.54, 1.807) is 0 Å². The Morgan fingerprint density at radius 2 is 1.40 bits per heavy atom. The Hall–Kier alpha value is -3.66. The molecule has 0 saturated heterocycles. The molecule has 0 fully saturated rings. The predicted octanol–water partition coefficient (Wildman–Crippen LogP) is 5.11. The molecule has 4 rings (SSSR count). The predicted molar refractivity (Wildman–Crippen MR) is 121 cm³/mol. The minimum absolute atomic E-state index is 0.288. The average Bonchev–Trinajstić information content (AvgIpc) is 3.02. The van der Waals surface area contributed by atoms with Crippen LogP contribution in [0.25, 0.3) is 5.57 Å². The van der Waals surface area contributed by atoms with Gasteiger partial charge in [-0.25, -0.2) is 4.90 Å². The van der Waals surface area contributed by atoms with Crippen molar-refractivity contribution in [1.82, 2.24) is 0 Å². The van der Waals surface area contributed by atoms with Gasteiger partial charge in [0.25, 0.3) is 11.8 Å². The molecular formula is C26H24N2O2.